The largest absolute Gasteiger partial charge is 0.496 e. The number of nitrogens with one attached hydrogen (secondary N) is 2. The van der Waals surface area contributed by atoms with Gasteiger partial charge in [-0.15, -0.1) is 0 Å². The molecule has 2 aromatic carbocycles. The minimum absolute atomic E-state index is 0.326. The zero-order chi connectivity index (χ0) is 20.0. The molecule has 0 radical (unpaired) electrons. The van der Waals surface area contributed by atoms with Crippen LogP contribution in [0.15, 0.2) is 36.4 Å². The number of amides is 2. The number of carbonyl (C=O) groups is 3. The molecule has 2 aromatic rings. The third-order valence-corrected chi connectivity index (χ3v) is 4.04. The van der Waals surface area contributed by atoms with E-state index in [4.69, 9.17) is 10.5 Å². The molecule has 8 heteroatoms. The van der Waals surface area contributed by atoms with Gasteiger partial charge >= 0.3 is 5.97 Å². The second kappa shape index (κ2) is 9.00. The van der Waals surface area contributed by atoms with Gasteiger partial charge in [0, 0.05) is 5.56 Å². The summed E-state index contributed by atoms with van der Waals surface area (Å²) in [6.45, 7) is 1.19. The minimum atomic E-state index is -1.10. The zero-order valence-corrected chi connectivity index (χ0v) is 15.4. The predicted molar refractivity (Wildman–Crippen MR) is 100 cm³/mol. The van der Waals surface area contributed by atoms with Crippen LogP contribution in [0.5, 0.6) is 5.75 Å². The van der Waals surface area contributed by atoms with Crippen molar-refractivity contribution in [2.45, 2.75) is 19.0 Å². The Kier molecular flexibility index (Phi) is 6.73. The van der Waals surface area contributed by atoms with Crippen LogP contribution in [0.1, 0.15) is 18.5 Å². The first-order chi connectivity index (χ1) is 12.9. The molecule has 144 valence electrons. The number of fused-ring (bicyclic) bond motifs is 1. The Morgan fingerprint density at radius 1 is 1.07 bits per heavy atom. The second-order valence-corrected chi connectivity index (χ2v) is 5.93. The Balaban J connectivity index is 2.52. The monoisotopic (exact) mass is 373 g/mol. The molecule has 0 fully saturated rings. The van der Waals surface area contributed by atoms with E-state index >= 15 is 0 Å². The fraction of sp³-hybridized carbons (Fsp3) is 0.316. The molecule has 0 aliphatic rings. The van der Waals surface area contributed by atoms with Crippen LogP contribution in [0.4, 0.5) is 0 Å². The summed E-state index contributed by atoms with van der Waals surface area (Å²) in [5.41, 5.74) is 6.12. The van der Waals surface area contributed by atoms with Gasteiger partial charge in [-0.2, -0.15) is 0 Å². The third kappa shape index (κ3) is 4.73. The fourth-order valence-electron chi connectivity index (χ4n) is 2.63. The molecular weight excluding hydrogens is 350 g/mol. The first-order valence-electron chi connectivity index (χ1n) is 8.35. The highest BCUT2D eigenvalue weighted by Gasteiger charge is 2.29. The summed E-state index contributed by atoms with van der Waals surface area (Å²) in [4.78, 5) is 36.4. The van der Waals surface area contributed by atoms with Crippen LogP contribution in [0, 0.1) is 0 Å². The smallest absolute Gasteiger partial charge is 0.325 e. The SMILES string of the molecule is COC(=O)CNC(=O)C(NC(=O)[C@H](C)N)c1c(OC)ccc2ccccc12. The van der Waals surface area contributed by atoms with Crippen molar-refractivity contribution >= 4 is 28.6 Å². The van der Waals surface area contributed by atoms with Crippen molar-refractivity contribution in [3.63, 3.8) is 0 Å². The Hall–Kier alpha value is -3.13. The topological polar surface area (TPSA) is 120 Å². The van der Waals surface area contributed by atoms with Gasteiger partial charge in [0.05, 0.1) is 20.3 Å². The molecule has 8 nitrogen and oxygen atoms in total. The number of benzene rings is 2. The van der Waals surface area contributed by atoms with Gasteiger partial charge in [0.25, 0.3) is 0 Å². The Morgan fingerprint density at radius 2 is 1.78 bits per heavy atom. The van der Waals surface area contributed by atoms with Gasteiger partial charge in [-0.3, -0.25) is 14.4 Å². The summed E-state index contributed by atoms with van der Waals surface area (Å²) in [7, 11) is 2.70. The van der Waals surface area contributed by atoms with Gasteiger partial charge < -0.3 is 25.8 Å². The second-order valence-electron chi connectivity index (χ2n) is 5.93. The quantitative estimate of drug-likeness (QED) is 0.613. The summed E-state index contributed by atoms with van der Waals surface area (Å²) in [5, 5.41) is 6.71. The van der Waals surface area contributed by atoms with Gasteiger partial charge in [0.2, 0.25) is 11.8 Å². The standard InChI is InChI=1S/C19H23N3O5/c1-11(20)18(24)22-17(19(25)21-10-15(23)27-3)16-13-7-5-4-6-12(13)8-9-14(16)26-2/h4-9,11,17H,10,20H2,1-3H3,(H,21,25)(H,22,24)/t11-,17?/m0/s1. The van der Waals surface area contributed by atoms with Crippen LogP contribution in [0.2, 0.25) is 0 Å². The third-order valence-electron chi connectivity index (χ3n) is 4.04. The van der Waals surface area contributed by atoms with E-state index in [-0.39, 0.29) is 6.54 Å². The van der Waals surface area contributed by atoms with Gasteiger partial charge in [-0.1, -0.05) is 30.3 Å². The van der Waals surface area contributed by atoms with E-state index in [2.05, 4.69) is 15.4 Å². The summed E-state index contributed by atoms with van der Waals surface area (Å²) < 4.78 is 9.95. The molecule has 0 aromatic heterocycles. The first kappa shape index (κ1) is 20.2. The number of rotatable bonds is 7. The summed E-state index contributed by atoms with van der Waals surface area (Å²) in [6, 6.07) is 9.05. The van der Waals surface area contributed by atoms with E-state index in [0.29, 0.717) is 11.3 Å². The molecule has 1 unspecified atom stereocenters. The van der Waals surface area contributed by atoms with Crippen molar-refractivity contribution < 1.29 is 23.9 Å². The average molecular weight is 373 g/mol. The molecule has 4 N–H and O–H groups in total. The maximum atomic E-state index is 12.8. The molecule has 0 aliphatic heterocycles. The highest BCUT2D eigenvalue weighted by atomic mass is 16.5. The van der Waals surface area contributed by atoms with E-state index in [1.807, 2.05) is 30.3 Å². The van der Waals surface area contributed by atoms with Crippen LogP contribution < -0.4 is 21.1 Å². The summed E-state index contributed by atoms with van der Waals surface area (Å²) in [6.07, 6.45) is 0. The molecule has 0 bridgehead atoms. The van der Waals surface area contributed by atoms with E-state index in [1.54, 1.807) is 6.07 Å². The molecule has 2 atom stereocenters. The molecule has 2 amide bonds. The highest BCUT2D eigenvalue weighted by Crippen LogP contribution is 2.33. The van der Waals surface area contributed by atoms with Crippen LogP contribution in [0.3, 0.4) is 0 Å². The number of hydrogen-bond donors (Lipinski definition) is 3. The molecular formula is C19H23N3O5. The zero-order valence-electron chi connectivity index (χ0n) is 15.4. The van der Waals surface area contributed by atoms with E-state index < -0.39 is 29.9 Å². The van der Waals surface area contributed by atoms with Crippen molar-refractivity contribution in [1.29, 1.82) is 0 Å². The average Bonchev–Trinajstić information content (AvgIpc) is 2.68. The molecule has 0 saturated heterocycles. The van der Waals surface area contributed by atoms with Gasteiger partial charge in [-0.05, 0) is 23.8 Å². The lowest BCUT2D eigenvalue weighted by Gasteiger charge is -2.23. The Labute approximate surface area is 157 Å². The normalized spacial score (nSPS) is 12.7. The number of hydrogen-bond acceptors (Lipinski definition) is 6. The van der Waals surface area contributed by atoms with Crippen molar-refractivity contribution in [2.75, 3.05) is 20.8 Å². The summed E-state index contributed by atoms with van der Waals surface area (Å²) >= 11 is 0. The number of carbonyl (C=O) groups excluding carboxylic acids is 3. The van der Waals surface area contributed by atoms with Gasteiger partial charge in [0.1, 0.15) is 18.3 Å². The van der Waals surface area contributed by atoms with Gasteiger partial charge in [-0.25, -0.2) is 0 Å². The summed E-state index contributed by atoms with van der Waals surface area (Å²) in [5.74, 6) is -1.27. The molecule has 0 heterocycles. The van der Waals surface area contributed by atoms with Crippen LogP contribution >= 0.6 is 0 Å². The van der Waals surface area contributed by atoms with E-state index in [0.717, 1.165) is 10.8 Å². The van der Waals surface area contributed by atoms with Crippen molar-refractivity contribution in [3.05, 3.63) is 42.0 Å². The van der Waals surface area contributed by atoms with Crippen LogP contribution in [-0.4, -0.2) is 44.6 Å². The Bertz CT molecular complexity index is 850. The molecule has 2 rings (SSSR count). The number of ether oxygens (including phenoxy) is 2. The van der Waals surface area contributed by atoms with Crippen LogP contribution in [0.25, 0.3) is 10.8 Å². The maximum absolute atomic E-state index is 12.8. The number of methoxy groups -OCH3 is 2. The van der Waals surface area contributed by atoms with Crippen molar-refractivity contribution in [3.8, 4) is 5.75 Å². The minimum Gasteiger partial charge on any atom is -0.496 e. The predicted octanol–water partition coefficient (Wildman–Crippen LogP) is 0.642. The molecule has 0 spiro atoms. The van der Waals surface area contributed by atoms with Crippen LogP contribution in [-0.2, 0) is 19.1 Å². The highest BCUT2D eigenvalue weighted by molar-refractivity contribution is 5.98. The number of esters is 1. The van der Waals surface area contributed by atoms with Gasteiger partial charge in [0.15, 0.2) is 0 Å². The van der Waals surface area contributed by atoms with Crippen molar-refractivity contribution in [2.24, 2.45) is 5.73 Å². The Morgan fingerprint density at radius 3 is 2.41 bits per heavy atom. The van der Waals surface area contributed by atoms with E-state index in [1.165, 1.54) is 21.1 Å². The van der Waals surface area contributed by atoms with Crippen molar-refractivity contribution in [1.82, 2.24) is 10.6 Å². The fourth-order valence-corrected chi connectivity index (χ4v) is 2.63. The maximum Gasteiger partial charge on any atom is 0.325 e. The molecule has 27 heavy (non-hydrogen) atoms. The van der Waals surface area contributed by atoms with E-state index in [9.17, 15) is 14.4 Å². The lowest BCUT2D eigenvalue weighted by Crippen LogP contribution is -2.46. The molecule has 0 aliphatic carbocycles. The first-order valence-corrected chi connectivity index (χ1v) is 8.35. The molecule has 0 saturated carbocycles. The lowest BCUT2D eigenvalue weighted by molar-refractivity contribution is -0.141. The lowest BCUT2D eigenvalue weighted by atomic mass is 9.96. The number of nitrogens with two attached hydrogens (primary N) is 1.